The molecule has 1 nitrogen and oxygen atoms in total. The van der Waals surface area contributed by atoms with Crippen molar-refractivity contribution in [1.29, 1.82) is 0 Å². The first-order chi connectivity index (χ1) is 8.99. The van der Waals surface area contributed by atoms with Gasteiger partial charge in [-0.15, -0.1) is 0 Å². The Bertz CT molecular complexity index is 640. The average molecular weight is 342 g/mol. The Morgan fingerprint density at radius 2 is 2.00 bits per heavy atom. The molecule has 0 atom stereocenters. The number of hydrogen-bond donors (Lipinski definition) is 0. The summed E-state index contributed by atoms with van der Waals surface area (Å²) in [5, 5.41) is 0.328. The maximum absolute atomic E-state index is 13.8. The Morgan fingerprint density at radius 3 is 2.68 bits per heavy atom. The number of aryl methyl sites for hydroxylation is 1. The Morgan fingerprint density at radius 1 is 1.32 bits per heavy atom. The topological polar surface area (TPSA) is 17.1 Å². The fourth-order valence-corrected chi connectivity index (χ4v) is 2.29. The molecular weight excluding hydrogens is 331 g/mol. The maximum atomic E-state index is 13.8. The van der Waals surface area contributed by atoms with Gasteiger partial charge in [0.1, 0.15) is 5.82 Å². The summed E-state index contributed by atoms with van der Waals surface area (Å²) in [7, 11) is 0. The van der Waals surface area contributed by atoms with E-state index in [0.717, 1.165) is 11.1 Å². The molecule has 0 aliphatic rings. The lowest BCUT2D eigenvalue weighted by molar-refractivity contribution is 0.0989. The number of carbonyl (C=O) groups is 1. The first-order valence-electron chi connectivity index (χ1n) is 5.71. The highest BCUT2D eigenvalue weighted by molar-refractivity contribution is 9.10. The molecule has 2 aromatic carbocycles. The summed E-state index contributed by atoms with van der Waals surface area (Å²) in [5.41, 5.74) is 1.93. The monoisotopic (exact) mass is 340 g/mol. The minimum absolute atomic E-state index is 0.0245. The van der Waals surface area contributed by atoms with Crippen molar-refractivity contribution in [2.75, 3.05) is 0 Å². The molecule has 0 aromatic heterocycles. The van der Waals surface area contributed by atoms with Crippen LogP contribution in [0, 0.1) is 12.7 Å². The normalized spacial score (nSPS) is 10.5. The van der Waals surface area contributed by atoms with Gasteiger partial charge in [-0.05, 0) is 46.1 Å². The minimum atomic E-state index is -0.560. The van der Waals surface area contributed by atoms with Gasteiger partial charge in [0.15, 0.2) is 5.78 Å². The standard InChI is InChI=1S/C15H11BrClFO/c1-9-4-2-3-5-10(9)6-15(19)11-7-13(17)12(16)8-14(11)18/h2-5,7-8H,6H2,1H3. The van der Waals surface area contributed by atoms with Crippen molar-refractivity contribution >= 4 is 33.3 Å². The maximum Gasteiger partial charge on any atom is 0.170 e. The molecule has 0 aliphatic heterocycles. The van der Waals surface area contributed by atoms with E-state index >= 15 is 0 Å². The van der Waals surface area contributed by atoms with E-state index in [2.05, 4.69) is 15.9 Å². The summed E-state index contributed by atoms with van der Waals surface area (Å²) in [4.78, 5) is 12.1. The molecule has 0 saturated heterocycles. The van der Waals surface area contributed by atoms with Gasteiger partial charge in [-0.25, -0.2) is 4.39 Å². The third-order valence-electron chi connectivity index (χ3n) is 2.92. The fraction of sp³-hybridized carbons (Fsp3) is 0.133. The highest BCUT2D eigenvalue weighted by atomic mass is 79.9. The van der Waals surface area contributed by atoms with Gasteiger partial charge >= 0.3 is 0 Å². The molecule has 0 amide bonds. The van der Waals surface area contributed by atoms with Gasteiger partial charge in [0, 0.05) is 10.9 Å². The lowest BCUT2D eigenvalue weighted by Crippen LogP contribution is -2.07. The van der Waals surface area contributed by atoms with Crippen molar-refractivity contribution in [2.45, 2.75) is 13.3 Å². The molecule has 4 heteroatoms. The second-order valence-electron chi connectivity index (χ2n) is 4.27. The van der Waals surface area contributed by atoms with Gasteiger partial charge < -0.3 is 0 Å². The van der Waals surface area contributed by atoms with Crippen LogP contribution >= 0.6 is 27.5 Å². The van der Waals surface area contributed by atoms with Crippen molar-refractivity contribution in [3.05, 3.63) is 68.4 Å². The largest absolute Gasteiger partial charge is 0.294 e. The van der Waals surface area contributed by atoms with Crippen LogP contribution in [0.5, 0.6) is 0 Å². The number of carbonyl (C=O) groups excluding carboxylic acids is 1. The molecule has 98 valence electrons. The van der Waals surface area contributed by atoms with Gasteiger partial charge in [0.2, 0.25) is 0 Å². The molecule has 0 bridgehead atoms. The summed E-state index contributed by atoms with van der Waals surface area (Å²) in [6, 6.07) is 10.1. The first kappa shape index (κ1) is 14.2. The molecule has 0 unspecified atom stereocenters. The van der Waals surface area contributed by atoms with E-state index in [1.165, 1.54) is 12.1 Å². The predicted octanol–water partition coefficient (Wildman–Crippen LogP) is 4.98. The molecule has 0 spiro atoms. The molecule has 0 heterocycles. The first-order valence-corrected chi connectivity index (χ1v) is 6.88. The molecule has 0 saturated carbocycles. The van der Waals surface area contributed by atoms with Crippen LogP contribution in [0.4, 0.5) is 4.39 Å². The second-order valence-corrected chi connectivity index (χ2v) is 5.53. The molecule has 0 radical (unpaired) electrons. The third-order valence-corrected chi connectivity index (χ3v) is 4.12. The highest BCUT2D eigenvalue weighted by Crippen LogP contribution is 2.26. The van der Waals surface area contributed by atoms with Gasteiger partial charge in [0.25, 0.3) is 0 Å². The van der Waals surface area contributed by atoms with E-state index in [1.807, 2.05) is 31.2 Å². The van der Waals surface area contributed by atoms with Gasteiger partial charge in [-0.1, -0.05) is 35.9 Å². The van der Waals surface area contributed by atoms with Crippen molar-refractivity contribution < 1.29 is 9.18 Å². The molecule has 19 heavy (non-hydrogen) atoms. The van der Waals surface area contributed by atoms with E-state index in [-0.39, 0.29) is 17.8 Å². The zero-order valence-electron chi connectivity index (χ0n) is 10.2. The average Bonchev–Trinajstić information content (AvgIpc) is 2.36. The van der Waals surface area contributed by atoms with E-state index in [4.69, 9.17) is 11.6 Å². The SMILES string of the molecule is Cc1ccccc1CC(=O)c1cc(Cl)c(Br)cc1F. The summed E-state index contributed by atoms with van der Waals surface area (Å²) in [6.45, 7) is 1.92. The van der Waals surface area contributed by atoms with E-state index in [0.29, 0.717) is 9.50 Å². The Labute approximate surface area is 124 Å². The van der Waals surface area contributed by atoms with Crippen LogP contribution in [-0.4, -0.2) is 5.78 Å². The van der Waals surface area contributed by atoms with Crippen LogP contribution in [0.3, 0.4) is 0 Å². The van der Waals surface area contributed by atoms with Crippen LogP contribution in [0.15, 0.2) is 40.9 Å². The lowest BCUT2D eigenvalue weighted by atomic mass is 9.99. The third kappa shape index (κ3) is 3.23. The predicted molar refractivity (Wildman–Crippen MR) is 78.3 cm³/mol. The molecule has 0 aliphatic carbocycles. The van der Waals surface area contributed by atoms with Crippen molar-refractivity contribution in [2.24, 2.45) is 0 Å². The number of hydrogen-bond acceptors (Lipinski definition) is 1. The number of halogens is 3. The quantitative estimate of drug-likeness (QED) is 0.569. The summed E-state index contributed by atoms with van der Waals surface area (Å²) in [6.07, 6.45) is 0.168. The zero-order chi connectivity index (χ0) is 14.0. The van der Waals surface area contributed by atoms with Crippen molar-refractivity contribution in [1.82, 2.24) is 0 Å². The zero-order valence-corrected chi connectivity index (χ0v) is 12.6. The smallest absolute Gasteiger partial charge is 0.170 e. The van der Waals surface area contributed by atoms with E-state index in [1.54, 1.807) is 0 Å². The Hall–Kier alpha value is -1.19. The van der Waals surface area contributed by atoms with Crippen LogP contribution in [-0.2, 0) is 6.42 Å². The van der Waals surface area contributed by atoms with Crippen LogP contribution in [0.1, 0.15) is 21.5 Å². The fourth-order valence-electron chi connectivity index (χ4n) is 1.81. The second kappa shape index (κ2) is 5.85. The molecule has 0 fully saturated rings. The van der Waals surface area contributed by atoms with Crippen LogP contribution in [0.25, 0.3) is 0 Å². The van der Waals surface area contributed by atoms with Crippen LogP contribution in [0.2, 0.25) is 5.02 Å². The Balaban J connectivity index is 2.31. The van der Waals surface area contributed by atoms with Crippen molar-refractivity contribution in [3.8, 4) is 0 Å². The van der Waals surface area contributed by atoms with Crippen molar-refractivity contribution in [3.63, 3.8) is 0 Å². The van der Waals surface area contributed by atoms with Gasteiger partial charge in [-0.3, -0.25) is 4.79 Å². The summed E-state index contributed by atoms with van der Waals surface area (Å²) < 4.78 is 14.2. The number of Topliss-reactive ketones (excluding diaryl/α,β-unsaturated/α-hetero) is 1. The van der Waals surface area contributed by atoms with E-state index in [9.17, 15) is 9.18 Å². The molecule has 2 rings (SSSR count). The minimum Gasteiger partial charge on any atom is -0.294 e. The van der Waals surface area contributed by atoms with Gasteiger partial charge in [-0.2, -0.15) is 0 Å². The number of ketones is 1. The number of benzene rings is 2. The van der Waals surface area contributed by atoms with Gasteiger partial charge in [0.05, 0.1) is 10.6 Å². The molecule has 0 N–H and O–H groups in total. The lowest BCUT2D eigenvalue weighted by Gasteiger charge is -2.07. The van der Waals surface area contributed by atoms with Crippen LogP contribution < -0.4 is 0 Å². The molecule has 2 aromatic rings. The highest BCUT2D eigenvalue weighted by Gasteiger charge is 2.15. The number of rotatable bonds is 3. The Kier molecular flexibility index (Phi) is 4.38. The summed E-state index contributed by atoms with van der Waals surface area (Å²) >= 11 is 9.02. The van der Waals surface area contributed by atoms with E-state index < -0.39 is 5.82 Å². The summed E-state index contributed by atoms with van der Waals surface area (Å²) in [5.74, 6) is -0.837. The molecular formula is C15H11BrClFO.